The highest BCUT2D eigenvalue weighted by Crippen LogP contribution is 2.27. The molecule has 0 aromatic heterocycles. The van der Waals surface area contributed by atoms with Crippen molar-refractivity contribution in [2.75, 3.05) is 0 Å². The zero-order valence-electron chi connectivity index (χ0n) is 12.0. The van der Waals surface area contributed by atoms with Gasteiger partial charge in [-0.3, -0.25) is 9.59 Å². The number of carbonyl (C=O) groups excluding carboxylic acids is 2. The van der Waals surface area contributed by atoms with Gasteiger partial charge in [-0.05, 0) is 32.6 Å². The zero-order chi connectivity index (χ0) is 14.6. The molecule has 1 N–H and O–H groups in total. The van der Waals surface area contributed by atoms with Gasteiger partial charge in [0.1, 0.15) is 5.54 Å². The number of carbonyl (C=O) groups is 2. The Bertz CT molecular complexity index is 396. The number of hydrogen-bond acceptors (Lipinski definition) is 4. The van der Waals surface area contributed by atoms with Gasteiger partial charge in [-0.15, -0.1) is 0 Å². The molecule has 19 heavy (non-hydrogen) atoms. The highest BCUT2D eigenvalue weighted by Gasteiger charge is 2.34. The van der Waals surface area contributed by atoms with Crippen LogP contribution in [0.15, 0.2) is 0 Å². The minimum atomic E-state index is -0.950. The minimum absolute atomic E-state index is 0.0315. The maximum absolute atomic E-state index is 11.9. The lowest BCUT2D eigenvalue weighted by atomic mass is 9.85. The van der Waals surface area contributed by atoms with E-state index in [1.54, 1.807) is 6.92 Å². The summed E-state index contributed by atoms with van der Waals surface area (Å²) in [7, 11) is 0. The summed E-state index contributed by atoms with van der Waals surface area (Å²) < 4.78 is 5.13. The average molecular weight is 266 g/mol. The van der Waals surface area contributed by atoms with Crippen molar-refractivity contribution in [3.63, 3.8) is 0 Å². The van der Waals surface area contributed by atoms with Crippen LogP contribution in [0, 0.1) is 23.2 Å². The van der Waals surface area contributed by atoms with Crippen LogP contribution in [-0.2, 0) is 14.3 Å². The van der Waals surface area contributed by atoms with E-state index >= 15 is 0 Å². The number of nitriles is 1. The van der Waals surface area contributed by atoms with Crippen molar-refractivity contribution in [1.29, 1.82) is 5.26 Å². The number of amides is 1. The predicted octanol–water partition coefficient (Wildman–Crippen LogP) is 1.77. The number of rotatable bonds is 5. The summed E-state index contributed by atoms with van der Waals surface area (Å²) in [6, 6.07) is 2.09. The molecule has 1 amide bonds. The molecule has 1 saturated carbocycles. The van der Waals surface area contributed by atoms with Crippen LogP contribution in [0.2, 0.25) is 0 Å². The lowest BCUT2D eigenvalue weighted by Gasteiger charge is -2.29. The lowest BCUT2D eigenvalue weighted by Crippen LogP contribution is -2.52. The Morgan fingerprint density at radius 2 is 1.95 bits per heavy atom. The summed E-state index contributed by atoms with van der Waals surface area (Å²) in [6.45, 7) is 6.91. The van der Waals surface area contributed by atoms with E-state index in [-0.39, 0.29) is 17.8 Å². The molecule has 0 spiro atoms. The molecule has 106 valence electrons. The molecule has 5 nitrogen and oxygen atoms in total. The second-order valence-electron chi connectivity index (χ2n) is 5.67. The quantitative estimate of drug-likeness (QED) is 0.769. The molecular weight excluding hydrogens is 244 g/mol. The maximum Gasteiger partial charge on any atom is 0.309 e. The third kappa shape index (κ3) is 3.69. The smallest absolute Gasteiger partial charge is 0.309 e. The number of ether oxygens (including phenoxy) is 1. The number of nitrogens with zero attached hydrogens (tertiary/aromatic N) is 1. The van der Waals surface area contributed by atoms with Gasteiger partial charge in [-0.2, -0.15) is 5.26 Å². The number of hydrogen-bond donors (Lipinski definition) is 1. The Labute approximate surface area is 114 Å². The molecule has 0 aromatic carbocycles. The summed E-state index contributed by atoms with van der Waals surface area (Å²) in [5, 5.41) is 11.8. The first-order chi connectivity index (χ1) is 8.80. The highest BCUT2D eigenvalue weighted by atomic mass is 16.5. The minimum Gasteiger partial charge on any atom is -0.452 e. The maximum atomic E-state index is 11.9. The van der Waals surface area contributed by atoms with Gasteiger partial charge in [0.05, 0.1) is 12.0 Å². The van der Waals surface area contributed by atoms with Gasteiger partial charge in [0.25, 0.3) is 5.91 Å². The molecule has 1 rings (SSSR count). The van der Waals surface area contributed by atoms with Crippen molar-refractivity contribution in [3.8, 4) is 6.07 Å². The monoisotopic (exact) mass is 266 g/mol. The van der Waals surface area contributed by atoms with Crippen molar-refractivity contribution in [1.82, 2.24) is 5.32 Å². The fourth-order valence-corrected chi connectivity index (χ4v) is 1.63. The van der Waals surface area contributed by atoms with Crippen LogP contribution in [0.3, 0.4) is 0 Å². The Morgan fingerprint density at radius 1 is 1.37 bits per heavy atom. The van der Waals surface area contributed by atoms with Crippen LogP contribution in [-0.4, -0.2) is 23.5 Å². The molecule has 1 aliphatic carbocycles. The third-order valence-electron chi connectivity index (χ3n) is 3.87. The Balaban J connectivity index is 2.52. The van der Waals surface area contributed by atoms with Crippen molar-refractivity contribution >= 4 is 11.9 Å². The fraction of sp³-hybridized carbons (Fsp3) is 0.786. The Morgan fingerprint density at radius 3 is 2.32 bits per heavy atom. The van der Waals surface area contributed by atoms with E-state index in [2.05, 4.69) is 11.4 Å². The van der Waals surface area contributed by atoms with Crippen LogP contribution >= 0.6 is 0 Å². The summed E-state index contributed by atoms with van der Waals surface area (Å²) in [6.07, 6.45) is 1.86. The second-order valence-corrected chi connectivity index (χ2v) is 5.67. The normalized spacial score (nSPS) is 19.8. The van der Waals surface area contributed by atoms with E-state index in [1.807, 2.05) is 13.8 Å². The third-order valence-corrected chi connectivity index (χ3v) is 3.87. The molecule has 1 fully saturated rings. The summed E-state index contributed by atoms with van der Waals surface area (Å²) in [5.74, 6) is -0.818. The van der Waals surface area contributed by atoms with Gasteiger partial charge in [0.15, 0.2) is 6.10 Å². The Kier molecular flexibility index (Phi) is 4.93. The largest absolute Gasteiger partial charge is 0.452 e. The summed E-state index contributed by atoms with van der Waals surface area (Å²) >= 11 is 0. The molecular formula is C14H22N2O3. The van der Waals surface area contributed by atoms with Gasteiger partial charge in [0, 0.05) is 0 Å². The van der Waals surface area contributed by atoms with Crippen molar-refractivity contribution in [2.45, 2.75) is 58.6 Å². The van der Waals surface area contributed by atoms with Gasteiger partial charge in [-0.1, -0.05) is 20.3 Å². The fourth-order valence-electron chi connectivity index (χ4n) is 1.63. The second kappa shape index (κ2) is 6.05. The zero-order valence-corrected chi connectivity index (χ0v) is 12.0. The van der Waals surface area contributed by atoms with Crippen LogP contribution < -0.4 is 5.32 Å². The molecule has 0 unspecified atom stereocenters. The highest BCUT2D eigenvalue weighted by molar-refractivity contribution is 5.84. The molecule has 5 heteroatoms. The van der Waals surface area contributed by atoms with E-state index in [4.69, 9.17) is 10.00 Å². The van der Waals surface area contributed by atoms with Crippen LogP contribution in [0.1, 0.15) is 47.0 Å². The number of esters is 1. The summed E-state index contributed by atoms with van der Waals surface area (Å²) in [4.78, 5) is 23.6. The first-order valence-electron chi connectivity index (χ1n) is 6.74. The summed E-state index contributed by atoms with van der Waals surface area (Å²) in [5.41, 5.74) is -0.950. The number of nitrogens with one attached hydrogen (secondary N) is 1. The Hall–Kier alpha value is -1.57. The molecule has 1 aliphatic rings. The van der Waals surface area contributed by atoms with Crippen LogP contribution in [0.5, 0.6) is 0 Å². The van der Waals surface area contributed by atoms with Gasteiger partial charge >= 0.3 is 5.97 Å². The van der Waals surface area contributed by atoms with Gasteiger partial charge < -0.3 is 10.1 Å². The molecule has 0 radical (unpaired) electrons. The van der Waals surface area contributed by atoms with E-state index in [9.17, 15) is 9.59 Å². The SMILES string of the molecule is CC(C)[C@@](C)(C#N)NC(=O)[C@H](C)OC(=O)C1CCC1. The molecule has 2 atom stereocenters. The first kappa shape index (κ1) is 15.5. The van der Waals surface area contributed by atoms with E-state index in [1.165, 1.54) is 6.92 Å². The standard InChI is InChI=1S/C14H22N2O3/c1-9(2)14(4,8-15)16-12(17)10(3)19-13(18)11-6-5-7-11/h9-11H,5-7H2,1-4H3,(H,16,17)/t10-,14+/m0/s1. The van der Waals surface area contributed by atoms with Gasteiger partial charge in [-0.25, -0.2) is 0 Å². The molecule has 0 aromatic rings. The molecule has 0 aliphatic heterocycles. The van der Waals surface area contributed by atoms with Gasteiger partial charge in [0.2, 0.25) is 0 Å². The topological polar surface area (TPSA) is 79.2 Å². The van der Waals surface area contributed by atoms with Crippen molar-refractivity contribution < 1.29 is 14.3 Å². The van der Waals surface area contributed by atoms with E-state index < -0.39 is 17.6 Å². The molecule has 0 bridgehead atoms. The van der Waals surface area contributed by atoms with Crippen molar-refractivity contribution in [3.05, 3.63) is 0 Å². The van der Waals surface area contributed by atoms with E-state index in [0.717, 1.165) is 19.3 Å². The predicted molar refractivity (Wildman–Crippen MR) is 69.9 cm³/mol. The van der Waals surface area contributed by atoms with E-state index in [0.29, 0.717) is 0 Å². The first-order valence-corrected chi connectivity index (χ1v) is 6.74. The molecule has 0 saturated heterocycles. The van der Waals surface area contributed by atoms with Crippen LogP contribution in [0.25, 0.3) is 0 Å². The molecule has 0 heterocycles. The van der Waals surface area contributed by atoms with Crippen LogP contribution in [0.4, 0.5) is 0 Å². The lowest BCUT2D eigenvalue weighted by molar-refractivity contribution is -0.161. The average Bonchev–Trinajstić information content (AvgIpc) is 2.25. The van der Waals surface area contributed by atoms with Crippen molar-refractivity contribution in [2.24, 2.45) is 11.8 Å².